The van der Waals surface area contributed by atoms with Crippen molar-refractivity contribution in [1.82, 2.24) is 15.3 Å². The maximum Gasteiger partial charge on any atom is 0.251 e. The maximum atomic E-state index is 12.0. The van der Waals surface area contributed by atoms with E-state index in [0.29, 0.717) is 23.3 Å². The van der Waals surface area contributed by atoms with Gasteiger partial charge in [0.2, 0.25) is 11.9 Å². The fraction of sp³-hybridized carbons (Fsp3) is 0.500. The minimum Gasteiger partial charge on any atom is -0.354 e. The summed E-state index contributed by atoms with van der Waals surface area (Å²) < 4.78 is 0. The molecule has 0 bridgehead atoms. The molecule has 0 unspecified atom stereocenters. The van der Waals surface area contributed by atoms with Crippen LogP contribution in [0.2, 0.25) is 5.02 Å². The number of carbonyl (C=O) groups is 2. The molecule has 108 valence electrons. The minimum absolute atomic E-state index is 0.0149. The van der Waals surface area contributed by atoms with Crippen molar-refractivity contribution < 1.29 is 9.59 Å². The van der Waals surface area contributed by atoms with Crippen LogP contribution in [0.4, 0.5) is 11.8 Å². The van der Waals surface area contributed by atoms with Crippen molar-refractivity contribution in [2.45, 2.75) is 26.3 Å². The van der Waals surface area contributed by atoms with Crippen LogP contribution in [0.3, 0.4) is 0 Å². The average Bonchev–Trinajstić information content (AvgIpc) is 2.37. The van der Waals surface area contributed by atoms with Crippen molar-refractivity contribution in [2.24, 2.45) is 0 Å². The molecular formula is C12H16ClN5O2. The molecule has 2 heterocycles. The van der Waals surface area contributed by atoms with E-state index < -0.39 is 5.54 Å². The Labute approximate surface area is 121 Å². The van der Waals surface area contributed by atoms with Gasteiger partial charge in [-0.15, -0.1) is 0 Å². The second-order valence-corrected chi connectivity index (χ2v) is 5.33. The summed E-state index contributed by atoms with van der Waals surface area (Å²) >= 11 is 6.11. The largest absolute Gasteiger partial charge is 0.354 e. The first-order valence-electron chi connectivity index (χ1n) is 6.24. The van der Waals surface area contributed by atoms with Gasteiger partial charge in [-0.25, -0.2) is 4.98 Å². The first-order valence-corrected chi connectivity index (χ1v) is 6.62. The number of halogens is 1. The van der Waals surface area contributed by atoms with Crippen LogP contribution in [0.5, 0.6) is 0 Å². The Morgan fingerprint density at radius 2 is 2.20 bits per heavy atom. The van der Waals surface area contributed by atoms with Crippen molar-refractivity contribution in [3.05, 3.63) is 11.2 Å². The predicted octanol–water partition coefficient (Wildman–Crippen LogP) is 0.803. The Bertz CT molecular complexity index is 561. The molecule has 0 saturated carbocycles. The molecule has 0 spiro atoms. The van der Waals surface area contributed by atoms with E-state index in [2.05, 4.69) is 20.6 Å². The number of hydrogen-bond acceptors (Lipinski definition) is 6. The standard InChI is InChI=1S/C12H16ClN5O2/c1-4-14-11-15-5-7(13)9(17-11)18-6-8(19)16-10(20)12(18,2)3/h5H,4,6H2,1-3H3,(H,14,15,17)(H,16,19,20). The zero-order chi connectivity index (χ0) is 14.9. The number of carbonyl (C=O) groups excluding carboxylic acids is 2. The highest BCUT2D eigenvalue weighted by Gasteiger charge is 2.42. The van der Waals surface area contributed by atoms with Gasteiger partial charge in [0.15, 0.2) is 5.82 Å². The molecule has 1 saturated heterocycles. The first kappa shape index (κ1) is 14.5. The average molecular weight is 298 g/mol. The maximum absolute atomic E-state index is 12.0. The lowest BCUT2D eigenvalue weighted by atomic mass is 9.99. The summed E-state index contributed by atoms with van der Waals surface area (Å²) in [5, 5.41) is 5.57. The van der Waals surface area contributed by atoms with Crippen LogP contribution in [-0.2, 0) is 9.59 Å². The third-order valence-corrected chi connectivity index (χ3v) is 3.37. The monoisotopic (exact) mass is 297 g/mol. The Kier molecular flexibility index (Phi) is 3.80. The number of imide groups is 1. The molecule has 1 aromatic rings. The van der Waals surface area contributed by atoms with E-state index in [1.807, 2.05) is 6.92 Å². The second-order valence-electron chi connectivity index (χ2n) is 4.92. The Morgan fingerprint density at radius 3 is 2.85 bits per heavy atom. The van der Waals surface area contributed by atoms with Gasteiger partial charge in [-0.3, -0.25) is 14.9 Å². The summed E-state index contributed by atoms with van der Waals surface area (Å²) in [4.78, 5) is 33.5. The SMILES string of the molecule is CCNc1ncc(Cl)c(N2CC(=O)NC(=O)C2(C)C)n1. The second kappa shape index (κ2) is 5.24. The van der Waals surface area contributed by atoms with E-state index in [9.17, 15) is 9.59 Å². The highest BCUT2D eigenvalue weighted by atomic mass is 35.5. The molecule has 7 nitrogen and oxygen atoms in total. The molecule has 0 atom stereocenters. The van der Waals surface area contributed by atoms with Gasteiger partial charge in [-0.05, 0) is 20.8 Å². The van der Waals surface area contributed by atoms with Gasteiger partial charge in [0.1, 0.15) is 10.6 Å². The van der Waals surface area contributed by atoms with Gasteiger partial charge in [0, 0.05) is 6.54 Å². The number of amides is 2. The van der Waals surface area contributed by atoms with Gasteiger partial charge in [-0.1, -0.05) is 11.6 Å². The third-order valence-electron chi connectivity index (χ3n) is 3.10. The molecule has 0 radical (unpaired) electrons. The topological polar surface area (TPSA) is 87.2 Å². The lowest BCUT2D eigenvalue weighted by Gasteiger charge is -2.41. The number of piperazine rings is 1. The van der Waals surface area contributed by atoms with Crippen molar-refractivity contribution >= 4 is 35.2 Å². The number of nitrogens with zero attached hydrogens (tertiary/aromatic N) is 3. The zero-order valence-corrected chi connectivity index (χ0v) is 12.3. The van der Waals surface area contributed by atoms with Gasteiger partial charge >= 0.3 is 0 Å². The van der Waals surface area contributed by atoms with Crippen LogP contribution < -0.4 is 15.5 Å². The van der Waals surface area contributed by atoms with Gasteiger partial charge in [0.25, 0.3) is 5.91 Å². The molecule has 20 heavy (non-hydrogen) atoms. The van der Waals surface area contributed by atoms with Crippen LogP contribution in [0.15, 0.2) is 6.20 Å². The normalized spacial score (nSPS) is 17.9. The molecular weight excluding hydrogens is 282 g/mol. The highest BCUT2D eigenvalue weighted by Crippen LogP contribution is 2.31. The lowest BCUT2D eigenvalue weighted by Crippen LogP contribution is -2.64. The van der Waals surface area contributed by atoms with E-state index in [4.69, 9.17) is 11.6 Å². The predicted molar refractivity (Wildman–Crippen MR) is 75.8 cm³/mol. The summed E-state index contributed by atoms with van der Waals surface area (Å²) in [6.45, 7) is 6.00. The van der Waals surface area contributed by atoms with Crippen LogP contribution in [0.1, 0.15) is 20.8 Å². The van der Waals surface area contributed by atoms with Gasteiger partial charge < -0.3 is 10.2 Å². The number of hydrogen-bond donors (Lipinski definition) is 2. The van der Waals surface area contributed by atoms with Crippen LogP contribution in [-0.4, -0.2) is 40.4 Å². The van der Waals surface area contributed by atoms with E-state index in [0.717, 1.165) is 0 Å². The number of rotatable bonds is 3. The smallest absolute Gasteiger partial charge is 0.251 e. The van der Waals surface area contributed by atoms with Crippen molar-refractivity contribution in [2.75, 3.05) is 23.3 Å². The zero-order valence-electron chi connectivity index (χ0n) is 11.5. The Balaban J connectivity index is 2.45. The van der Waals surface area contributed by atoms with E-state index in [1.165, 1.54) is 6.20 Å². The quantitative estimate of drug-likeness (QED) is 0.803. The van der Waals surface area contributed by atoms with Gasteiger partial charge in [-0.2, -0.15) is 4.98 Å². The van der Waals surface area contributed by atoms with E-state index in [1.54, 1.807) is 18.7 Å². The molecule has 1 aliphatic heterocycles. The molecule has 2 amide bonds. The summed E-state index contributed by atoms with van der Waals surface area (Å²) in [6.07, 6.45) is 1.45. The van der Waals surface area contributed by atoms with Crippen molar-refractivity contribution in [3.8, 4) is 0 Å². The summed E-state index contributed by atoms with van der Waals surface area (Å²) in [6, 6.07) is 0. The Hall–Kier alpha value is -1.89. The first-order chi connectivity index (χ1) is 9.36. The molecule has 2 rings (SSSR count). The molecule has 8 heteroatoms. The summed E-state index contributed by atoms with van der Waals surface area (Å²) in [7, 11) is 0. The summed E-state index contributed by atoms with van der Waals surface area (Å²) in [5.41, 5.74) is -0.921. The number of aromatic nitrogens is 2. The minimum atomic E-state index is -0.921. The van der Waals surface area contributed by atoms with E-state index in [-0.39, 0.29) is 18.4 Å². The highest BCUT2D eigenvalue weighted by molar-refractivity contribution is 6.33. The van der Waals surface area contributed by atoms with Gasteiger partial charge in [0.05, 0.1) is 12.7 Å². The number of nitrogens with one attached hydrogen (secondary N) is 2. The molecule has 0 aliphatic carbocycles. The molecule has 1 fully saturated rings. The lowest BCUT2D eigenvalue weighted by molar-refractivity contribution is -0.135. The fourth-order valence-corrected chi connectivity index (χ4v) is 2.11. The van der Waals surface area contributed by atoms with Crippen LogP contribution >= 0.6 is 11.6 Å². The molecule has 1 aromatic heterocycles. The van der Waals surface area contributed by atoms with E-state index >= 15 is 0 Å². The molecule has 0 aromatic carbocycles. The van der Waals surface area contributed by atoms with Crippen LogP contribution in [0, 0.1) is 0 Å². The molecule has 1 aliphatic rings. The number of anilines is 2. The summed E-state index contributed by atoms with van der Waals surface area (Å²) in [5.74, 6) is 0.00869. The fourth-order valence-electron chi connectivity index (χ4n) is 1.91. The Morgan fingerprint density at radius 1 is 1.50 bits per heavy atom. The third kappa shape index (κ3) is 2.53. The van der Waals surface area contributed by atoms with Crippen LogP contribution in [0.25, 0.3) is 0 Å². The van der Waals surface area contributed by atoms with Crippen molar-refractivity contribution in [3.63, 3.8) is 0 Å². The molecule has 2 N–H and O–H groups in total. The van der Waals surface area contributed by atoms with Crippen molar-refractivity contribution in [1.29, 1.82) is 0 Å².